The van der Waals surface area contributed by atoms with Crippen molar-refractivity contribution in [3.05, 3.63) is 59.4 Å². The number of hydrogen-bond donors (Lipinski definition) is 2. The minimum absolute atomic E-state index is 0.0390. The molecule has 2 aromatic rings. The number of aromatic nitrogens is 1. The molecule has 1 amide bonds. The van der Waals surface area contributed by atoms with E-state index in [0.717, 1.165) is 22.4 Å². The summed E-state index contributed by atoms with van der Waals surface area (Å²) < 4.78 is 0. The summed E-state index contributed by atoms with van der Waals surface area (Å²) in [5.41, 5.74) is 10.1. The molecule has 4 nitrogen and oxygen atoms in total. The summed E-state index contributed by atoms with van der Waals surface area (Å²) in [5.74, 6) is 0.0390. The summed E-state index contributed by atoms with van der Waals surface area (Å²) >= 11 is 0. The Morgan fingerprint density at radius 2 is 2.17 bits per heavy atom. The van der Waals surface area contributed by atoms with Crippen molar-refractivity contribution in [2.75, 3.05) is 5.32 Å². The maximum Gasteiger partial charge on any atom is 0.228 e. The number of anilines is 1. The zero-order valence-electron chi connectivity index (χ0n) is 9.76. The first-order valence-corrected chi connectivity index (χ1v) is 5.82. The maximum atomic E-state index is 11.3. The Kier molecular flexibility index (Phi) is 2.57. The first-order valence-electron chi connectivity index (χ1n) is 5.82. The van der Waals surface area contributed by atoms with Gasteiger partial charge in [0, 0.05) is 18.1 Å². The molecule has 3 rings (SSSR count). The summed E-state index contributed by atoms with van der Waals surface area (Å²) in [6, 6.07) is 9.46. The molecule has 1 unspecified atom stereocenters. The molecule has 1 aromatic carbocycles. The van der Waals surface area contributed by atoms with Gasteiger partial charge >= 0.3 is 0 Å². The maximum absolute atomic E-state index is 11.3. The smallest absolute Gasteiger partial charge is 0.228 e. The second-order valence-corrected chi connectivity index (χ2v) is 4.41. The molecular formula is C14H13N3O. The molecule has 1 atom stereocenters. The number of nitrogens with zero attached hydrogens (tertiary/aromatic N) is 1. The fraction of sp³-hybridized carbons (Fsp3) is 0.143. The van der Waals surface area contributed by atoms with Gasteiger partial charge in [-0.15, -0.1) is 0 Å². The highest BCUT2D eigenvalue weighted by Crippen LogP contribution is 2.27. The van der Waals surface area contributed by atoms with Crippen molar-refractivity contribution in [3.63, 3.8) is 0 Å². The van der Waals surface area contributed by atoms with E-state index < -0.39 is 0 Å². The van der Waals surface area contributed by atoms with Crippen LogP contribution >= 0.6 is 0 Å². The molecule has 2 heterocycles. The predicted octanol–water partition coefficient (Wildman–Crippen LogP) is 1.62. The van der Waals surface area contributed by atoms with Gasteiger partial charge in [-0.1, -0.05) is 18.2 Å². The zero-order valence-corrected chi connectivity index (χ0v) is 9.76. The number of amides is 1. The molecule has 0 saturated heterocycles. The largest absolute Gasteiger partial charge is 0.326 e. The molecule has 3 N–H and O–H groups in total. The average Bonchev–Trinajstić information content (AvgIpc) is 2.78. The monoisotopic (exact) mass is 239 g/mol. The minimum Gasteiger partial charge on any atom is -0.326 e. The van der Waals surface area contributed by atoms with Crippen LogP contribution in [0.25, 0.3) is 0 Å². The quantitative estimate of drug-likeness (QED) is 0.836. The molecule has 0 saturated carbocycles. The third kappa shape index (κ3) is 1.87. The minimum atomic E-state index is -0.209. The number of pyridine rings is 1. The molecule has 1 aromatic heterocycles. The lowest BCUT2D eigenvalue weighted by Crippen LogP contribution is -2.12. The molecule has 90 valence electrons. The van der Waals surface area contributed by atoms with Crippen LogP contribution in [0.15, 0.2) is 42.7 Å². The number of hydrogen-bond acceptors (Lipinski definition) is 3. The van der Waals surface area contributed by atoms with Crippen molar-refractivity contribution in [1.29, 1.82) is 0 Å². The Hall–Kier alpha value is -2.20. The first kappa shape index (κ1) is 10.9. The van der Waals surface area contributed by atoms with E-state index in [0.29, 0.717) is 6.42 Å². The van der Waals surface area contributed by atoms with Crippen LogP contribution in [0.1, 0.15) is 22.7 Å². The molecule has 0 radical (unpaired) electrons. The van der Waals surface area contributed by atoms with E-state index in [2.05, 4.69) is 10.3 Å². The fourth-order valence-corrected chi connectivity index (χ4v) is 2.20. The molecule has 4 heteroatoms. The Labute approximate surface area is 105 Å². The van der Waals surface area contributed by atoms with Crippen molar-refractivity contribution in [1.82, 2.24) is 4.98 Å². The van der Waals surface area contributed by atoms with Crippen molar-refractivity contribution >= 4 is 11.6 Å². The number of nitrogens with one attached hydrogen (secondary N) is 1. The summed E-state index contributed by atoms with van der Waals surface area (Å²) in [6.07, 6.45) is 3.92. The summed E-state index contributed by atoms with van der Waals surface area (Å²) in [5, 5.41) is 2.81. The molecule has 0 fully saturated rings. The topological polar surface area (TPSA) is 68.0 Å². The van der Waals surface area contributed by atoms with Crippen molar-refractivity contribution < 1.29 is 4.79 Å². The van der Waals surface area contributed by atoms with Crippen LogP contribution in [0.2, 0.25) is 0 Å². The first-order chi connectivity index (χ1) is 8.74. The van der Waals surface area contributed by atoms with Crippen LogP contribution in [-0.2, 0) is 11.2 Å². The van der Waals surface area contributed by atoms with E-state index in [-0.39, 0.29) is 11.9 Å². The predicted molar refractivity (Wildman–Crippen MR) is 69.0 cm³/mol. The van der Waals surface area contributed by atoms with E-state index in [1.807, 2.05) is 30.3 Å². The highest BCUT2D eigenvalue weighted by atomic mass is 16.1. The number of fused-ring (bicyclic) bond motifs is 1. The Morgan fingerprint density at radius 3 is 2.94 bits per heavy atom. The number of carbonyl (C=O) groups is 1. The SMILES string of the molecule is NC(c1cccnc1)c1ccc2c(c1)CC(=O)N2. The molecule has 0 aliphatic carbocycles. The average molecular weight is 239 g/mol. The van der Waals surface area contributed by atoms with Crippen molar-refractivity contribution in [2.45, 2.75) is 12.5 Å². The van der Waals surface area contributed by atoms with Gasteiger partial charge in [-0.25, -0.2) is 0 Å². The van der Waals surface area contributed by atoms with Gasteiger partial charge in [0.15, 0.2) is 0 Å². The van der Waals surface area contributed by atoms with E-state index in [9.17, 15) is 4.79 Å². The molecule has 0 bridgehead atoms. The van der Waals surface area contributed by atoms with E-state index in [1.165, 1.54) is 0 Å². The standard InChI is InChI=1S/C14H13N3O/c15-14(10-2-1-5-16-8-10)9-3-4-12-11(6-9)7-13(18)17-12/h1-6,8,14H,7,15H2,(H,17,18). The Balaban J connectivity index is 1.94. The molecular weight excluding hydrogens is 226 g/mol. The third-order valence-corrected chi connectivity index (χ3v) is 3.16. The fourth-order valence-electron chi connectivity index (χ4n) is 2.20. The lowest BCUT2D eigenvalue weighted by atomic mass is 9.98. The number of rotatable bonds is 2. The lowest BCUT2D eigenvalue weighted by Gasteiger charge is -2.13. The van der Waals surface area contributed by atoms with Gasteiger partial charge in [0.25, 0.3) is 0 Å². The number of nitrogens with two attached hydrogens (primary N) is 1. The van der Waals surface area contributed by atoms with Gasteiger partial charge in [-0.3, -0.25) is 9.78 Å². The van der Waals surface area contributed by atoms with Gasteiger partial charge in [0.1, 0.15) is 0 Å². The molecule has 0 spiro atoms. The summed E-state index contributed by atoms with van der Waals surface area (Å²) in [7, 11) is 0. The highest BCUT2D eigenvalue weighted by molar-refractivity contribution is 5.99. The normalized spacial score (nSPS) is 15.1. The molecule has 18 heavy (non-hydrogen) atoms. The second kappa shape index (κ2) is 4.23. The van der Waals surface area contributed by atoms with E-state index in [4.69, 9.17) is 5.73 Å². The zero-order chi connectivity index (χ0) is 12.5. The van der Waals surface area contributed by atoms with Gasteiger partial charge < -0.3 is 11.1 Å². The van der Waals surface area contributed by atoms with Crippen molar-refractivity contribution in [2.24, 2.45) is 5.73 Å². The van der Waals surface area contributed by atoms with Gasteiger partial charge in [0.2, 0.25) is 5.91 Å². The Bertz CT molecular complexity index is 595. The number of benzene rings is 1. The second-order valence-electron chi connectivity index (χ2n) is 4.41. The van der Waals surface area contributed by atoms with Crippen LogP contribution in [0.3, 0.4) is 0 Å². The van der Waals surface area contributed by atoms with Crippen LogP contribution < -0.4 is 11.1 Å². The van der Waals surface area contributed by atoms with Crippen LogP contribution in [-0.4, -0.2) is 10.9 Å². The molecule has 1 aliphatic rings. The van der Waals surface area contributed by atoms with Crippen LogP contribution in [0.5, 0.6) is 0 Å². The Morgan fingerprint density at radius 1 is 1.28 bits per heavy atom. The summed E-state index contributed by atoms with van der Waals surface area (Å²) in [6.45, 7) is 0. The molecule has 1 aliphatic heterocycles. The van der Waals surface area contributed by atoms with E-state index in [1.54, 1.807) is 12.4 Å². The van der Waals surface area contributed by atoms with Crippen molar-refractivity contribution in [3.8, 4) is 0 Å². The van der Waals surface area contributed by atoms with Crippen LogP contribution in [0, 0.1) is 0 Å². The van der Waals surface area contributed by atoms with Gasteiger partial charge in [-0.2, -0.15) is 0 Å². The summed E-state index contributed by atoms with van der Waals surface area (Å²) in [4.78, 5) is 15.4. The third-order valence-electron chi connectivity index (χ3n) is 3.16. The highest BCUT2D eigenvalue weighted by Gasteiger charge is 2.19. The van der Waals surface area contributed by atoms with E-state index >= 15 is 0 Å². The lowest BCUT2D eigenvalue weighted by molar-refractivity contribution is -0.115. The van der Waals surface area contributed by atoms with Gasteiger partial charge in [0.05, 0.1) is 12.5 Å². The number of carbonyl (C=O) groups excluding carboxylic acids is 1. The van der Waals surface area contributed by atoms with Gasteiger partial charge in [-0.05, 0) is 28.8 Å². The van der Waals surface area contributed by atoms with Crippen LogP contribution in [0.4, 0.5) is 5.69 Å².